The Hall–Kier alpha value is -1.13. The number of carbonyl (C=O) groups excluding carboxylic acids is 1. The fraction of sp³-hybridized carbons (Fsp3) is 0.385. The molecule has 1 amide bonds. The predicted molar refractivity (Wildman–Crippen MR) is 89.6 cm³/mol. The summed E-state index contributed by atoms with van der Waals surface area (Å²) in [7, 11) is -4.42. The summed E-state index contributed by atoms with van der Waals surface area (Å²) >= 11 is 6.23. The van der Waals surface area contributed by atoms with Crippen molar-refractivity contribution in [3.63, 3.8) is 0 Å². The van der Waals surface area contributed by atoms with E-state index >= 15 is 0 Å². The van der Waals surface area contributed by atoms with Gasteiger partial charge in [0, 0.05) is 15.9 Å². The maximum atomic E-state index is 12.9. The molecule has 7 nitrogen and oxygen atoms in total. The van der Waals surface area contributed by atoms with Crippen molar-refractivity contribution in [2.24, 2.45) is 0 Å². The number of hydrogen-bond donors (Lipinski definition) is 1. The Morgan fingerprint density at radius 2 is 1.74 bits per heavy atom. The van der Waals surface area contributed by atoms with Crippen LogP contribution in [0, 0.1) is 0 Å². The first-order chi connectivity index (χ1) is 10.4. The number of sulfonamides is 1. The second kappa shape index (κ2) is 7.18. The van der Waals surface area contributed by atoms with Crippen LogP contribution in [0.4, 0.5) is 4.79 Å². The first kappa shape index (κ1) is 19.9. The van der Waals surface area contributed by atoms with Gasteiger partial charge in [-0.05, 0) is 57.8 Å². The van der Waals surface area contributed by atoms with Gasteiger partial charge in [-0.1, -0.05) is 6.07 Å². The highest BCUT2D eigenvalue weighted by molar-refractivity contribution is 9.11. The largest absolute Gasteiger partial charge is 0.464 e. The maximum Gasteiger partial charge on any atom is 0.422 e. The Balaban J connectivity index is 3.45. The number of carbonyl (C=O) groups is 2. The highest BCUT2D eigenvalue weighted by Gasteiger charge is 2.43. The molecule has 1 aromatic carbocycles. The minimum Gasteiger partial charge on any atom is -0.464 e. The first-order valence-corrected chi connectivity index (χ1v) is 9.29. The molecule has 0 heterocycles. The van der Waals surface area contributed by atoms with Crippen LogP contribution in [0.2, 0.25) is 0 Å². The van der Waals surface area contributed by atoms with E-state index in [0.717, 1.165) is 6.92 Å². The molecule has 0 saturated carbocycles. The quantitative estimate of drug-likeness (QED) is 0.660. The monoisotopic (exact) mass is 471 g/mol. The van der Waals surface area contributed by atoms with Crippen molar-refractivity contribution in [1.82, 2.24) is 4.31 Å². The van der Waals surface area contributed by atoms with Crippen LogP contribution in [0.25, 0.3) is 0 Å². The van der Waals surface area contributed by atoms with E-state index in [1.54, 1.807) is 6.07 Å². The number of carboxylic acid groups (broad SMARTS) is 1. The molecular formula is C13H15Br2NO6S. The Kier molecular flexibility index (Phi) is 6.22. The Labute approximate surface area is 150 Å². The topological polar surface area (TPSA) is 101 Å². The molecule has 0 fully saturated rings. The normalized spacial score (nSPS) is 11.9. The third-order valence-corrected chi connectivity index (χ3v) is 6.70. The number of benzene rings is 1. The van der Waals surface area contributed by atoms with Crippen LogP contribution >= 0.6 is 31.9 Å². The molecule has 128 valence electrons. The molecule has 0 aliphatic carbocycles. The summed E-state index contributed by atoms with van der Waals surface area (Å²) in [4.78, 5) is 22.3. The van der Waals surface area contributed by atoms with Crippen LogP contribution < -0.4 is 0 Å². The van der Waals surface area contributed by atoms with E-state index in [4.69, 9.17) is 4.74 Å². The van der Waals surface area contributed by atoms with Crippen molar-refractivity contribution in [2.45, 2.75) is 31.2 Å². The van der Waals surface area contributed by atoms with Crippen LogP contribution in [-0.4, -0.2) is 42.0 Å². The number of amides is 1. The Morgan fingerprint density at radius 1 is 1.26 bits per heavy atom. The van der Waals surface area contributed by atoms with Gasteiger partial charge in [0.05, 0.1) is 5.54 Å². The highest BCUT2D eigenvalue weighted by Crippen LogP contribution is 2.35. The molecule has 0 atom stereocenters. The summed E-state index contributed by atoms with van der Waals surface area (Å²) in [6.07, 6.45) is -1.68. The smallest absolute Gasteiger partial charge is 0.422 e. The Morgan fingerprint density at radius 3 is 2.13 bits per heavy atom. The van der Waals surface area contributed by atoms with Crippen molar-refractivity contribution in [1.29, 1.82) is 0 Å². The van der Waals surface area contributed by atoms with Gasteiger partial charge in [-0.25, -0.2) is 13.2 Å². The van der Waals surface area contributed by atoms with Gasteiger partial charge in [-0.15, -0.1) is 0 Å². The van der Waals surface area contributed by atoms with E-state index in [0.29, 0.717) is 0 Å². The molecular weight excluding hydrogens is 458 g/mol. The molecule has 0 aliphatic heterocycles. The van der Waals surface area contributed by atoms with Gasteiger partial charge in [0.2, 0.25) is 0 Å². The van der Waals surface area contributed by atoms with Crippen LogP contribution in [0.1, 0.15) is 20.8 Å². The summed E-state index contributed by atoms with van der Waals surface area (Å²) in [5, 5.41) is 9.43. The number of halogens is 2. The molecule has 23 heavy (non-hydrogen) atoms. The van der Waals surface area contributed by atoms with Crippen LogP contribution in [0.5, 0.6) is 0 Å². The lowest BCUT2D eigenvalue weighted by atomic mass is 10.1. The van der Waals surface area contributed by atoms with Gasteiger partial charge in [0.1, 0.15) is 11.5 Å². The molecule has 0 aromatic heterocycles. The summed E-state index contributed by atoms with van der Waals surface area (Å²) in [6, 6.07) is 4.57. The van der Waals surface area contributed by atoms with Crippen molar-refractivity contribution >= 4 is 53.9 Å². The molecule has 1 N–H and O–H groups in total. The average Bonchev–Trinajstić information content (AvgIpc) is 2.34. The lowest BCUT2D eigenvalue weighted by Gasteiger charge is -2.35. The fourth-order valence-corrected chi connectivity index (χ4v) is 5.79. The van der Waals surface area contributed by atoms with Crippen LogP contribution in [0.15, 0.2) is 32.0 Å². The van der Waals surface area contributed by atoms with Gasteiger partial charge in [0.25, 0.3) is 10.0 Å². The zero-order chi connectivity index (χ0) is 18.0. The van der Waals surface area contributed by atoms with Crippen molar-refractivity contribution in [3.8, 4) is 0 Å². The molecule has 0 spiro atoms. The van der Waals surface area contributed by atoms with Crippen LogP contribution in [0.3, 0.4) is 0 Å². The molecule has 0 aliphatic rings. The fourth-order valence-electron chi connectivity index (χ4n) is 1.84. The molecule has 0 saturated heterocycles. The van der Waals surface area contributed by atoms with Gasteiger partial charge in [-0.2, -0.15) is 4.31 Å². The van der Waals surface area contributed by atoms with Gasteiger partial charge < -0.3 is 9.84 Å². The third kappa shape index (κ3) is 4.45. The molecule has 1 aromatic rings. The lowest BCUT2D eigenvalue weighted by Crippen LogP contribution is -2.53. The molecule has 0 radical (unpaired) electrons. The molecule has 1 rings (SSSR count). The predicted octanol–water partition coefficient (Wildman–Crippen LogP) is 3.22. The second-order valence-corrected chi connectivity index (χ2v) is 8.63. The van der Waals surface area contributed by atoms with E-state index < -0.39 is 34.2 Å². The minimum atomic E-state index is -4.42. The van der Waals surface area contributed by atoms with Gasteiger partial charge >= 0.3 is 12.1 Å². The van der Waals surface area contributed by atoms with Crippen LogP contribution in [-0.2, 0) is 19.6 Å². The van der Waals surface area contributed by atoms with Crippen molar-refractivity contribution in [3.05, 3.63) is 27.1 Å². The summed E-state index contributed by atoms with van der Waals surface area (Å²) < 4.78 is 31.2. The SMILES string of the molecule is CC(=O)OCC(C)(C)N(C(=O)O)S(=O)(=O)c1c(Br)cccc1Br. The lowest BCUT2D eigenvalue weighted by molar-refractivity contribution is -0.143. The first-order valence-electron chi connectivity index (χ1n) is 6.27. The minimum absolute atomic E-state index is 0.210. The third-order valence-electron chi connectivity index (χ3n) is 2.77. The van der Waals surface area contributed by atoms with E-state index in [-0.39, 0.29) is 18.1 Å². The number of esters is 1. The molecule has 0 bridgehead atoms. The number of ether oxygens (including phenoxy) is 1. The average molecular weight is 473 g/mol. The maximum absolute atomic E-state index is 12.9. The molecule has 0 unspecified atom stereocenters. The van der Waals surface area contributed by atoms with Crippen molar-refractivity contribution < 1.29 is 27.9 Å². The number of hydrogen-bond acceptors (Lipinski definition) is 5. The number of nitrogens with zero attached hydrogens (tertiary/aromatic N) is 1. The van der Waals surface area contributed by atoms with Gasteiger partial charge in [-0.3, -0.25) is 4.79 Å². The standard InChI is InChI=1S/C13H15Br2NO6S/c1-8(17)22-7-13(2,3)16(12(18)19)23(20,21)11-9(14)5-4-6-10(11)15/h4-6H,7H2,1-3H3,(H,18,19). The number of rotatable bonds is 5. The van der Waals surface area contributed by atoms with Crippen molar-refractivity contribution in [2.75, 3.05) is 6.61 Å². The highest BCUT2D eigenvalue weighted by atomic mass is 79.9. The molecule has 10 heteroatoms. The van der Waals surface area contributed by atoms with E-state index in [9.17, 15) is 23.1 Å². The summed E-state index contributed by atoms with van der Waals surface area (Å²) in [5.41, 5.74) is -1.49. The summed E-state index contributed by atoms with van der Waals surface area (Å²) in [6.45, 7) is 3.45. The van der Waals surface area contributed by atoms with E-state index in [1.807, 2.05) is 0 Å². The van der Waals surface area contributed by atoms with E-state index in [1.165, 1.54) is 26.0 Å². The second-order valence-electron chi connectivity index (χ2n) is 5.20. The zero-order valence-electron chi connectivity index (χ0n) is 12.5. The summed E-state index contributed by atoms with van der Waals surface area (Å²) in [5.74, 6) is -0.636. The van der Waals surface area contributed by atoms with Gasteiger partial charge in [0.15, 0.2) is 0 Å². The Bertz CT molecular complexity index is 712. The van der Waals surface area contributed by atoms with E-state index in [2.05, 4.69) is 31.9 Å². The zero-order valence-corrected chi connectivity index (χ0v) is 16.5.